The predicted octanol–water partition coefficient (Wildman–Crippen LogP) is 6.04. The van der Waals surface area contributed by atoms with Crippen molar-refractivity contribution in [2.75, 3.05) is 12.4 Å². The predicted molar refractivity (Wildman–Crippen MR) is 120 cm³/mol. The van der Waals surface area contributed by atoms with Gasteiger partial charge >= 0.3 is 5.97 Å². The molecule has 2 heterocycles. The van der Waals surface area contributed by atoms with E-state index in [4.69, 9.17) is 14.3 Å². The van der Waals surface area contributed by atoms with Gasteiger partial charge in [0.15, 0.2) is 5.76 Å². The number of rotatable bonds is 8. The summed E-state index contributed by atoms with van der Waals surface area (Å²) in [6.45, 7) is 7.45. The Morgan fingerprint density at radius 2 is 2.03 bits per heavy atom. The summed E-state index contributed by atoms with van der Waals surface area (Å²) in [6, 6.07) is 7.71. The van der Waals surface area contributed by atoms with E-state index in [1.54, 1.807) is 12.1 Å². The van der Waals surface area contributed by atoms with Crippen molar-refractivity contribution in [1.82, 2.24) is 0 Å². The summed E-state index contributed by atoms with van der Waals surface area (Å²) in [5.41, 5.74) is 2.22. The summed E-state index contributed by atoms with van der Waals surface area (Å²) >= 11 is 1.83. The lowest BCUT2D eigenvalue weighted by molar-refractivity contribution is -0.136. The van der Waals surface area contributed by atoms with E-state index in [2.05, 4.69) is 44.7 Å². The lowest BCUT2D eigenvalue weighted by Gasteiger charge is -2.33. The fourth-order valence-corrected chi connectivity index (χ4v) is 4.53. The molecule has 0 fully saturated rings. The highest BCUT2D eigenvalue weighted by atomic mass is 32.2. The third-order valence-corrected chi connectivity index (χ3v) is 6.50. The molecule has 0 saturated carbocycles. The number of carboxylic acid groups (broad SMARTS) is 1. The maximum absolute atomic E-state index is 10.9. The Bertz CT molecular complexity index is 946. The second-order valence-corrected chi connectivity index (χ2v) is 9.46. The highest BCUT2D eigenvalue weighted by Crippen LogP contribution is 2.41. The van der Waals surface area contributed by atoms with E-state index < -0.39 is 5.97 Å². The van der Waals surface area contributed by atoms with Crippen LogP contribution in [0.5, 0.6) is 5.75 Å². The first-order valence-electron chi connectivity index (χ1n) is 10.7. The van der Waals surface area contributed by atoms with Crippen LogP contribution in [0, 0.1) is 11.8 Å². The van der Waals surface area contributed by atoms with Crippen molar-refractivity contribution < 1.29 is 19.1 Å². The molecule has 0 amide bonds. The molecule has 1 N–H and O–H groups in total. The molecule has 0 unspecified atom stereocenters. The van der Waals surface area contributed by atoms with Crippen LogP contribution in [0.3, 0.4) is 0 Å². The van der Waals surface area contributed by atoms with Crippen molar-refractivity contribution >= 4 is 17.7 Å². The average Bonchev–Trinajstić information content (AvgIpc) is 3.12. The van der Waals surface area contributed by atoms with Crippen LogP contribution < -0.4 is 4.74 Å². The highest BCUT2D eigenvalue weighted by Gasteiger charge is 2.29. The number of thioether (sulfide) groups is 1. The topological polar surface area (TPSA) is 59.7 Å². The lowest BCUT2D eigenvalue weighted by Crippen LogP contribution is -2.26. The summed E-state index contributed by atoms with van der Waals surface area (Å²) in [5.74, 6) is 8.35. The van der Waals surface area contributed by atoms with E-state index in [-0.39, 0.29) is 11.8 Å². The first kappa shape index (κ1) is 22.4. The number of aliphatic carboxylic acids is 1. The number of unbranched alkanes of at least 4 members (excludes halogenated alkanes) is 3. The van der Waals surface area contributed by atoms with Gasteiger partial charge in [0, 0.05) is 16.0 Å². The van der Waals surface area contributed by atoms with Crippen LogP contribution in [-0.4, -0.2) is 23.4 Å². The Morgan fingerprint density at radius 3 is 2.80 bits per heavy atom. The minimum Gasteiger partial charge on any atom is -0.493 e. The Labute approximate surface area is 183 Å². The molecule has 160 valence electrons. The van der Waals surface area contributed by atoms with Gasteiger partial charge in [-0.2, -0.15) is 0 Å². The molecule has 0 aliphatic carbocycles. The molecule has 5 heteroatoms. The minimum absolute atomic E-state index is 0.0493. The van der Waals surface area contributed by atoms with Crippen LogP contribution in [0.15, 0.2) is 33.6 Å². The van der Waals surface area contributed by atoms with E-state index in [9.17, 15) is 4.79 Å². The molecule has 1 aromatic carbocycles. The van der Waals surface area contributed by atoms with E-state index in [1.807, 2.05) is 11.8 Å². The molecule has 2 aromatic rings. The van der Waals surface area contributed by atoms with Gasteiger partial charge in [0.2, 0.25) is 0 Å². The molecule has 1 aliphatic rings. The van der Waals surface area contributed by atoms with Crippen LogP contribution in [0.2, 0.25) is 0 Å². The van der Waals surface area contributed by atoms with E-state index in [0.29, 0.717) is 11.5 Å². The molecule has 1 aliphatic heterocycles. The smallest absolute Gasteiger partial charge is 0.311 e. The second-order valence-electron chi connectivity index (χ2n) is 8.32. The Balaban J connectivity index is 1.87. The van der Waals surface area contributed by atoms with Crippen molar-refractivity contribution in [2.24, 2.45) is 0 Å². The molecule has 0 atom stereocenters. The molecule has 3 rings (SSSR count). The lowest BCUT2D eigenvalue weighted by atomic mass is 9.79. The fourth-order valence-electron chi connectivity index (χ4n) is 3.51. The molecule has 30 heavy (non-hydrogen) atoms. The molecular formula is C25H30O4S. The zero-order chi connectivity index (χ0) is 21.6. The van der Waals surface area contributed by atoms with Gasteiger partial charge in [-0.1, -0.05) is 46.0 Å². The number of hydrogen-bond acceptors (Lipinski definition) is 4. The van der Waals surface area contributed by atoms with Crippen LogP contribution in [0.4, 0.5) is 0 Å². The molecule has 1 aromatic heterocycles. The highest BCUT2D eigenvalue weighted by molar-refractivity contribution is 7.99. The first-order chi connectivity index (χ1) is 14.4. The van der Waals surface area contributed by atoms with Crippen LogP contribution in [0.1, 0.15) is 75.5 Å². The largest absolute Gasteiger partial charge is 0.493 e. The van der Waals surface area contributed by atoms with E-state index in [1.165, 1.54) is 31.2 Å². The molecular weight excluding hydrogens is 396 g/mol. The van der Waals surface area contributed by atoms with E-state index >= 15 is 0 Å². The van der Waals surface area contributed by atoms with Crippen molar-refractivity contribution in [2.45, 2.75) is 69.6 Å². The summed E-state index contributed by atoms with van der Waals surface area (Å²) in [7, 11) is 0. The Hall–Kier alpha value is -2.32. The zero-order valence-corrected chi connectivity index (χ0v) is 18.9. The van der Waals surface area contributed by atoms with Gasteiger partial charge < -0.3 is 14.3 Å². The summed E-state index contributed by atoms with van der Waals surface area (Å²) < 4.78 is 11.5. The summed E-state index contributed by atoms with van der Waals surface area (Å²) in [5, 5.41) is 8.91. The second kappa shape index (κ2) is 10.1. The summed E-state index contributed by atoms with van der Waals surface area (Å²) in [4.78, 5) is 12.0. The molecule has 0 saturated heterocycles. The minimum atomic E-state index is -0.914. The van der Waals surface area contributed by atoms with Crippen molar-refractivity contribution in [3.05, 3.63) is 46.9 Å². The summed E-state index contributed by atoms with van der Waals surface area (Å²) in [6.07, 6.45) is 5.78. The van der Waals surface area contributed by atoms with Gasteiger partial charge in [-0.05, 0) is 54.2 Å². The van der Waals surface area contributed by atoms with Crippen LogP contribution in [0.25, 0.3) is 0 Å². The maximum atomic E-state index is 10.9. The third-order valence-electron chi connectivity index (χ3n) is 5.36. The van der Waals surface area contributed by atoms with Crippen molar-refractivity contribution in [3.63, 3.8) is 0 Å². The molecule has 0 bridgehead atoms. The van der Waals surface area contributed by atoms with E-state index in [0.717, 1.165) is 35.0 Å². The van der Waals surface area contributed by atoms with Gasteiger partial charge in [0.05, 0.1) is 6.61 Å². The van der Waals surface area contributed by atoms with Gasteiger partial charge in [0.25, 0.3) is 0 Å². The third kappa shape index (κ3) is 5.86. The number of furan rings is 1. The number of hydrogen-bond donors (Lipinski definition) is 1. The van der Waals surface area contributed by atoms with Gasteiger partial charge in [-0.25, -0.2) is 0 Å². The van der Waals surface area contributed by atoms with Crippen LogP contribution >= 0.6 is 11.8 Å². The standard InChI is InChI=1S/C25H30O4S/c1-4-5-6-7-14-30-23-17-22-21(25(2,3)12-13-28-22)15-18(23)8-9-19-10-11-20(29-19)16-24(26)27/h10-11,15,17H,4-7,12-14,16H2,1-3H3,(H,26,27). The number of carbonyl (C=O) groups is 1. The number of ether oxygens (including phenoxy) is 1. The monoisotopic (exact) mass is 426 g/mol. The average molecular weight is 427 g/mol. The maximum Gasteiger partial charge on any atom is 0.311 e. The number of benzene rings is 1. The van der Waals surface area contributed by atoms with Gasteiger partial charge in [0.1, 0.15) is 17.9 Å². The Morgan fingerprint density at radius 1 is 1.20 bits per heavy atom. The molecule has 4 nitrogen and oxygen atoms in total. The zero-order valence-electron chi connectivity index (χ0n) is 18.0. The van der Waals surface area contributed by atoms with Gasteiger partial charge in [-0.3, -0.25) is 4.79 Å². The first-order valence-corrected chi connectivity index (χ1v) is 11.6. The number of fused-ring (bicyclic) bond motifs is 1. The molecule has 0 radical (unpaired) electrons. The van der Waals surface area contributed by atoms with Gasteiger partial charge in [-0.15, -0.1) is 11.8 Å². The van der Waals surface area contributed by atoms with Crippen molar-refractivity contribution in [1.29, 1.82) is 0 Å². The molecule has 0 spiro atoms. The van der Waals surface area contributed by atoms with Crippen molar-refractivity contribution in [3.8, 4) is 17.6 Å². The fraction of sp³-hybridized carbons (Fsp3) is 0.480. The number of carboxylic acids is 1. The Kier molecular flexibility index (Phi) is 7.55. The van der Waals surface area contributed by atoms with Crippen LogP contribution in [-0.2, 0) is 16.6 Å². The quantitative estimate of drug-likeness (QED) is 0.317. The SMILES string of the molecule is CCCCCCSc1cc2c(cc1C#Cc1ccc(CC(=O)O)o1)C(C)(C)CCO2. The normalized spacial score (nSPS) is 14.4.